The minimum absolute atomic E-state index is 0.397. The molecular weight excluding hydrogens is 412 g/mol. The van der Waals surface area contributed by atoms with Gasteiger partial charge in [0.1, 0.15) is 0 Å². The van der Waals surface area contributed by atoms with Gasteiger partial charge in [0.15, 0.2) is 0 Å². The van der Waals surface area contributed by atoms with Gasteiger partial charge in [-0.15, -0.1) is 10.2 Å². The molecule has 2 aromatic carbocycles. The molecule has 0 aliphatic heterocycles. The monoisotopic (exact) mass is 430 g/mol. The fourth-order valence-electron chi connectivity index (χ4n) is 2.26. The summed E-state index contributed by atoms with van der Waals surface area (Å²) in [4.78, 5) is 0. The van der Waals surface area contributed by atoms with E-state index in [-0.39, 0.29) is 0 Å². The van der Waals surface area contributed by atoms with Crippen LogP contribution < -0.4 is 11.3 Å². The molecule has 0 unspecified atom stereocenters. The van der Waals surface area contributed by atoms with E-state index in [0.717, 1.165) is 21.5 Å². The summed E-state index contributed by atoms with van der Waals surface area (Å²) in [6, 6.07) is 16.2. The number of nitrogens with one attached hydrogen (secondary N) is 1. The molecule has 0 radical (unpaired) electrons. The fourth-order valence-corrected chi connectivity index (χ4v) is 3.45. The van der Waals surface area contributed by atoms with Crippen LogP contribution in [0.5, 0.6) is 0 Å². The SMILES string of the molecule is C/C(=N\Nc1nnc(SCc2ccccc2C)n1N)c1ccc(Br)cc1. The molecule has 8 heteroatoms. The summed E-state index contributed by atoms with van der Waals surface area (Å²) in [5.41, 5.74) is 7.22. The molecule has 0 aliphatic carbocycles. The fraction of sp³-hybridized carbons (Fsp3) is 0.167. The maximum absolute atomic E-state index is 6.08. The van der Waals surface area contributed by atoms with E-state index in [1.807, 2.05) is 43.3 Å². The third-order valence-electron chi connectivity index (χ3n) is 3.87. The van der Waals surface area contributed by atoms with Crippen molar-refractivity contribution in [3.63, 3.8) is 0 Å². The van der Waals surface area contributed by atoms with Gasteiger partial charge in [-0.3, -0.25) is 0 Å². The highest BCUT2D eigenvalue weighted by molar-refractivity contribution is 9.10. The van der Waals surface area contributed by atoms with Crippen molar-refractivity contribution in [1.82, 2.24) is 14.9 Å². The Balaban J connectivity index is 1.66. The lowest BCUT2D eigenvalue weighted by molar-refractivity contribution is 0.846. The molecular formula is C18H19BrN6S. The molecule has 0 atom stereocenters. The Bertz CT molecular complexity index is 920. The van der Waals surface area contributed by atoms with Crippen LogP contribution in [0.2, 0.25) is 0 Å². The molecule has 26 heavy (non-hydrogen) atoms. The molecule has 0 fully saturated rings. The topological polar surface area (TPSA) is 81.1 Å². The number of aromatic nitrogens is 3. The molecule has 0 bridgehead atoms. The van der Waals surface area contributed by atoms with Crippen LogP contribution in [-0.2, 0) is 5.75 Å². The Morgan fingerprint density at radius 3 is 2.65 bits per heavy atom. The first-order chi connectivity index (χ1) is 12.5. The van der Waals surface area contributed by atoms with Crippen molar-refractivity contribution in [1.29, 1.82) is 0 Å². The molecule has 1 aromatic heterocycles. The van der Waals surface area contributed by atoms with Crippen LogP contribution in [0.1, 0.15) is 23.6 Å². The molecule has 6 nitrogen and oxygen atoms in total. The number of nitrogens with two attached hydrogens (primary N) is 1. The Kier molecular flexibility index (Phi) is 5.95. The van der Waals surface area contributed by atoms with Gasteiger partial charge < -0.3 is 5.84 Å². The lowest BCUT2D eigenvalue weighted by atomic mass is 10.1. The van der Waals surface area contributed by atoms with Gasteiger partial charge in [0.2, 0.25) is 5.16 Å². The van der Waals surface area contributed by atoms with Gasteiger partial charge in [-0.05, 0) is 42.7 Å². The molecule has 1 heterocycles. The van der Waals surface area contributed by atoms with Crippen molar-refractivity contribution in [2.24, 2.45) is 5.10 Å². The number of nitrogens with zero attached hydrogens (tertiary/aromatic N) is 4. The van der Waals surface area contributed by atoms with Crippen molar-refractivity contribution in [3.05, 3.63) is 69.7 Å². The summed E-state index contributed by atoms with van der Waals surface area (Å²) in [5, 5.41) is 13.2. The van der Waals surface area contributed by atoms with Gasteiger partial charge in [0.25, 0.3) is 5.95 Å². The van der Waals surface area contributed by atoms with E-state index in [2.05, 4.69) is 55.7 Å². The van der Waals surface area contributed by atoms with Gasteiger partial charge in [-0.1, -0.05) is 64.1 Å². The third kappa shape index (κ3) is 4.44. The number of aryl methyl sites for hydroxylation is 1. The van der Waals surface area contributed by atoms with E-state index in [1.54, 1.807) is 0 Å². The smallest absolute Gasteiger partial charge is 0.264 e. The molecule has 3 aromatic rings. The van der Waals surface area contributed by atoms with Crippen LogP contribution >= 0.6 is 27.7 Å². The minimum Gasteiger partial charge on any atom is -0.334 e. The van der Waals surface area contributed by atoms with Gasteiger partial charge in [0.05, 0.1) is 5.71 Å². The molecule has 0 saturated carbocycles. The second-order valence-electron chi connectivity index (χ2n) is 5.71. The van der Waals surface area contributed by atoms with Crippen molar-refractivity contribution in [3.8, 4) is 0 Å². The summed E-state index contributed by atoms with van der Waals surface area (Å²) in [7, 11) is 0. The predicted octanol–water partition coefficient (Wildman–Crippen LogP) is 4.19. The van der Waals surface area contributed by atoms with Gasteiger partial charge >= 0.3 is 0 Å². The summed E-state index contributed by atoms with van der Waals surface area (Å²) in [6.45, 7) is 4.01. The van der Waals surface area contributed by atoms with Crippen LogP contribution in [0.25, 0.3) is 0 Å². The quantitative estimate of drug-likeness (QED) is 0.265. The maximum Gasteiger partial charge on any atom is 0.264 e. The molecule has 3 rings (SSSR count). The van der Waals surface area contributed by atoms with Crippen molar-refractivity contribution in [2.75, 3.05) is 11.3 Å². The molecule has 0 amide bonds. The van der Waals surface area contributed by atoms with E-state index in [0.29, 0.717) is 11.1 Å². The Labute approximate surface area is 165 Å². The lowest BCUT2D eigenvalue weighted by Crippen LogP contribution is -2.13. The lowest BCUT2D eigenvalue weighted by Gasteiger charge is -2.06. The minimum atomic E-state index is 0.397. The van der Waals surface area contributed by atoms with Crippen LogP contribution in [0.4, 0.5) is 5.95 Å². The molecule has 134 valence electrons. The normalized spacial score (nSPS) is 11.6. The zero-order valence-electron chi connectivity index (χ0n) is 14.5. The summed E-state index contributed by atoms with van der Waals surface area (Å²) in [5.74, 6) is 7.26. The highest BCUT2D eigenvalue weighted by Crippen LogP contribution is 2.23. The second kappa shape index (κ2) is 8.37. The van der Waals surface area contributed by atoms with Crippen LogP contribution in [0.3, 0.4) is 0 Å². The number of thioether (sulfide) groups is 1. The third-order valence-corrected chi connectivity index (χ3v) is 5.39. The van der Waals surface area contributed by atoms with Crippen LogP contribution in [-0.4, -0.2) is 20.6 Å². The van der Waals surface area contributed by atoms with Crippen molar-refractivity contribution >= 4 is 39.4 Å². The van der Waals surface area contributed by atoms with E-state index in [9.17, 15) is 0 Å². The van der Waals surface area contributed by atoms with Gasteiger partial charge in [0, 0.05) is 10.2 Å². The van der Waals surface area contributed by atoms with E-state index in [1.165, 1.54) is 27.6 Å². The number of hydrogen-bond donors (Lipinski definition) is 2. The first kappa shape index (κ1) is 18.5. The number of halogens is 1. The maximum atomic E-state index is 6.08. The van der Waals surface area contributed by atoms with Gasteiger partial charge in [-0.2, -0.15) is 5.10 Å². The summed E-state index contributed by atoms with van der Waals surface area (Å²) < 4.78 is 2.44. The molecule has 0 spiro atoms. The van der Waals surface area contributed by atoms with Crippen LogP contribution in [0, 0.1) is 6.92 Å². The zero-order valence-corrected chi connectivity index (χ0v) is 16.9. The average molecular weight is 431 g/mol. The van der Waals surface area contributed by atoms with Gasteiger partial charge in [-0.25, -0.2) is 10.1 Å². The van der Waals surface area contributed by atoms with E-state index in [4.69, 9.17) is 5.84 Å². The average Bonchev–Trinajstić information content (AvgIpc) is 2.99. The second-order valence-corrected chi connectivity index (χ2v) is 7.57. The van der Waals surface area contributed by atoms with E-state index < -0.39 is 0 Å². The number of benzene rings is 2. The Morgan fingerprint density at radius 1 is 1.19 bits per heavy atom. The number of nitrogen functional groups attached to an aromatic ring is 1. The van der Waals surface area contributed by atoms with Crippen molar-refractivity contribution in [2.45, 2.75) is 24.8 Å². The summed E-state index contributed by atoms with van der Waals surface area (Å²) >= 11 is 4.96. The van der Waals surface area contributed by atoms with Crippen LogP contribution in [0.15, 0.2) is 63.3 Å². The predicted molar refractivity (Wildman–Crippen MR) is 111 cm³/mol. The molecule has 3 N–H and O–H groups in total. The molecule has 0 aliphatic rings. The number of rotatable bonds is 6. The number of anilines is 1. The zero-order chi connectivity index (χ0) is 18.5. The molecule has 0 saturated heterocycles. The highest BCUT2D eigenvalue weighted by Gasteiger charge is 2.10. The highest BCUT2D eigenvalue weighted by atomic mass is 79.9. The first-order valence-corrected chi connectivity index (χ1v) is 9.76. The Morgan fingerprint density at radius 2 is 1.92 bits per heavy atom. The standard InChI is InChI=1S/C18H19BrN6S/c1-12-5-3-4-6-15(12)11-26-18-24-23-17(25(18)20)22-21-13(2)14-7-9-16(19)10-8-14/h3-10H,11,20H2,1-2H3,(H,22,23)/b21-13+. The Hall–Kier alpha value is -2.32. The summed E-state index contributed by atoms with van der Waals surface area (Å²) in [6.07, 6.45) is 0. The largest absolute Gasteiger partial charge is 0.334 e. The van der Waals surface area contributed by atoms with Crippen molar-refractivity contribution < 1.29 is 0 Å². The first-order valence-electron chi connectivity index (χ1n) is 7.98. The number of hydrogen-bond acceptors (Lipinski definition) is 6. The number of hydrazone groups is 1. The van der Waals surface area contributed by atoms with E-state index >= 15 is 0 Å².